The van der Waals surface area contributed by atoms with Crippen LogP contribution in [0.5, 0.6) is 0 Å². The maximum Gasteiger partial charge on any atom is 0.311 e. The van der Waals surface area contributed by atoms with Crippen LogP contribution in [0.2, 0.25) is 0 Å². The monoisotopic (exact) mass is 328 g/mol. The average molecular weight is 328 g/mol. The highest BCUT2D eigenvalue weighted by atomic mass is 16.5. The molecule has 3 saturated carbocycles. The molecule has 0 aromatic carbocycles. The SMILES string of the molecule is C=C1C(=O)[C@@]23CC[C@@H]4[C@](C)(C(=O)OC)CCC[C@@]4(C)C2=CC[C@@H]1C3. The van der Waals surface area contributed by atoms with Crippen LogP contribution in [-0.4, -0.2) is 18.9 Å². The molecule has 3 heteroatoms. The second kappa shape index (κ2) is 4.83. The van der Waals surface area contributed by atoms with E-state index in [4.69, 9.17) is 4.74 Å². The van der Waals surface area contributed by atoms with Gasteiger partial charge in [-0.1, -0.05) is 31.6 Å². The summed E-state index contributed by atoms with van der Waals surface area (Å²) < 4.78 is 5.18. The smallest absolute Gasteiger partial charge is 0.311 e. The maximum absolute atomic E-state index is 13.1. The number of esters is 1. The van der Waals surface area contributed by atoms with Crippen LogP contribution >= 0.6 is 0 Å². The number of carbonyl (C=O) groups excluding carboxylic acids is 2. The summed E-state index contributed by atoms with van der Waals surface area (Å²) in [6, 6.07) is 0. The van der Waals surface area contributed by atoms with E-state index >= 15 is 0 Å². The van der Waals surface area contributed by atoms with Gasteiger partial charge >= 0.3 is 5.97 Å². The quantitative estimate of drug-likeness (QED) is 0.411. The summed E-state index contributed by atoms with van der Waals surface area (Å²) in [5, 5.41) is 0. The van der Waals surface area contributed by atoms with Gasteiger partial charge < -0.3 is 4.74 Å². The number of Topliss-reactive ketones (excluding diaryl/α,β-unsaturated/α-hetero) is 1. The van der Waals surface area contributed by atoms with Crippen molar-refractivity contribution in [3.8, 4) is 0 Å². The Morgan fingerprint density at radius 3 is 2.75 bits per heavy atom. The van der Waals surface area contributed by atoms with Crippen molar-refractivity contribution in [2.24, 2.45) is 28.1 Å². The second-order valence-corrected chi connectivity index (χ2v) is 8.96. The fourth-order valence-corrected chi connectivity index (χ4v) is 6.87. The molecule has 1 spiro atoms. The van der Waals surface area contributed by atoms with Crippen LogP contribution < -0.4 is 0 Å². The Bertz CT molecular complexity index is 675. The van der Waals surface area contributed by atoms with E-state index in [0.717, 1.165) is 50.5 Å². The Labute approximate surface area is 144 Å². The van der Waals surface area contributed by atoms with Gasteiger partial charge in [-0.15, -0.1) is 0 Å². The van der Waals surface area contributed by atoms with E-state index in [0.29, 0.717) is 11.7 Å². The third-order valence-corrected chi connectivity index (χ3v) is 7.99. The van der Waals surface area contributed by atoms with E-state index < -0.39 is 5.41 Å². The fourth-order valence-electron chi connectivity index (χ4n) is 6.87. The van der Waals surface area contributed by atoms with Crippen LogP contribution in [0.15, 0.2) is 23.8 Å². The van der Waals surface area contributed by atoms with Gasteiger partial charge in [0.25, 0.3) is 0 Å². The first-order chi connectivity index (χ1) is 11.3. The number of rotatable bonds is 1. The lowest BCUT2D eigenvalue weighted by Gasteiger charge is -2.59. The van der Waals surface area contributed by atoms with Crippen LogP contribution in [0.1, 0.15) is 58.8 Å². The molecular weight excluding hydrogens is 300 g/mol. The van der Waals surface area contributed by atoms with E-state index in [1.807, 2.05) is 0 Å². The zero-order valence-corrected chi connectivity index (χ0v) is 15.1. The highest BCUT2D eigenvalue weighted by Crippen LogP contribution is 2.69. The van der Waals surface area contributed by atoms with Crippen molar-refractivity contribution in [3.05, 3.63) is 23.8 Å². The number of hydrogen-bond donors (Lipinski definition) is 0. The molecule has 5 atom stereocenters. The van der Waals surface area contributed by atoms with Crippen molar-refractivity contribution in [1.82, 2.24) is 0 Å². The molecule has 3 nitrogen and oxygen atoms in total. The van der Waals surface area contributed by atoms with E-state index in [1.165, 1.54) is 12.7 Å². The molecule has 24 heavy (non-hydrogen) atoms. The predicted octanol–water partition coefficient (Wildman–Crippen LogP) is 4.23. The minimum Gasteiger partial charge on any atom is -0.469 e. The number of methoxy groups -OCH3 is 1. The van der Waals surface area contributed by atoms with Crippen LogP contribution in [0.3, 0.4) is 0 Å². The molecule has 2 bridgehead atoms. The molecule has 0 aromatic heterocycles. The van der Waals surface area contributed by atoms with Crippen molar-refractivity contribution in [1.29, 1.82) is 0 Å². The summed E-state index contributed by atoms with van der Waals surface area (Å²) >= 11 is 0. The molecule has 0 unspecified atom stereocenters. The number of hydrogen-bond acceptors (Lipinski definition) is 3. The van der Waals surface area contributed by atoms with Crippen LogP contribution in [-0.2, 0) is 14.3 Å². The zero-order valence-electron chi connectivity index (χ0n) is 15.1. The summed E-state index contributed by atoms with van der Waals surface area (Å²) in [5.74, 6) is 0.824. The molecule has 0 saturated heterocycles. The van der Waals surface area contributed by atoms with E-state index in [-0.39, 0.29) is 22.7 Å². The van der Waals surface area contributed by atoms with Gasteiger partial charge in [-0.05, 0) is 68.3 Å². The number of ether oxygens (including phenoxy) is 1. The van der Waals surface area contributed by atoms with Gasteiger partial charge in [0.2, 0.25) is 0 Å². The highest BCUT2D eigenvalue weighted by molar-refractivity contribution is 6.05. The van der Waals surface area contributed by atoms with Crippen molar-refractivity contribution < 1.29 is 14.3 Å². The first-order valence-corrected chi connectivity index (χ1v) is 9.33. The predicted molar refractivity (Wildman–Crippen MR) is 92.2 cm³/mol. The summed E-state index contributed by atoms with van der Waals surface area (Å²) in [7, 11) is 1.50. The number of ketones is 1. The lowest BCUT2D eigenvalue weighted by atomic mass is 9.44. The van der Waals surface area contributed by atoms with Gasteiger partial charge in [-0.3, -0.25) is 9.59 Å². The minimum atomic E-state index is -0.431. The fraction of sp³-hybridized carbons (Fsp3) is 0.714. The molecule has 0 aromatic rings. The molecule has 0 aliphatic heterocycles. The Balaban J connectivity index is 1.81. The van der Waals surface area contributed by atoms with Gasteiger partial charge in [-0.25, -0.2) is 0 Å². The second-order valence-electron chi connectivity index (χ2n) is 8.96. The van der Waals surface area contributed by atoms with Crippen LogP contribution in [0.4, 0.5) is 0 Å². The summed E-state index contributed by atoms with van der Waals surface area (Å²) in [6.07, 6.45) is 9.04. The number of allylic oxidation sites excluding steroid dienone is 3. The first-order valence-electron chi connectivity index (χ1n) is 9.33. The molecule has 3 fully saturated rings. The van der Waals surface area contributed by atoms with E-state index in [9.17, 15) is 9.59 Å². The molecule has 0 radical (unpaired) electrons. The lowest BCUT2D eigenvalue weighted by molar-refractivity contribution is -0.165. The largest absolute Gasteiger partial charge is 0.469 e. The maximum atomic E-state index is 13.1. The standard InChI is InChI=1S/C21H28O3/c1-13-14-6-7-16-19(2)9-5-10-20(3,18(23)24-4)15(19)8-11-21(16,12-14)17(13)22/h7,14-15H,1,5-6,8-12H2,2-4H3/t14-,15+,19-,20-,21-/m1/s1. The molecule has 4 aliphatic carbocycles. The van der Waals surface area contributed by atoms with E-state index in [1.54, 1.807) is 0 Å². The van der Waals surface area contributed by atoms with Crippen LogP contribution in [0, 0.1) is 28.1 Å². The highest BCUT2D eigenvalue weighted by Gasteiger charge is 2.65. The third-order valence-electron chi connectivity index (χ3n) is 7.99. The summed E-state index contributed by atoms with van der Waals surface area (Å²) in [6.45, 7) is 8.49. The number of carbonyl (C=O) groups is 2. The van der Waals surface area contributed by atoms with Gasteiger partial charge in [0.1, 0.15) is 0 Å². The summed E-state index contributed by atoms with van der Waals surface area (Å²) in [5.41, 5.74) is 1.38. The number of fused-ring (bicyclic) bond motifs is 3. The molecule has 0 N–H and O–H groups in total. The Hall–Kier alpha value is -1.38. The van der Waals surface area contributed by atoms with Crippen molar-refractivity contribution >= 4 is 11.8 Å². The third kappa shape index (κ3) is 1.69. The van der Waals surface area contributed by atoms with Crippen molar-refractivity contribution in [2.45, 2.75) is 58.8 Å². The average Bonchev–Trinajstić information content (AvgIpc) is 2.74. The molecule has 0 heterocycles. The Kier molecular flexibility index (Phi) is 3.24. The van der Waals surface area contributed by atoms with Crippen molar-refractivity contribution in [2.75, 3.05) is 7.11 Å². The Morgan fingerprint density at radius 1 is 1.29 bits per heavy atom. The van der Waals surface area contributed by atoms with Gasteiger partial charge in [-0.2, -0.15) is 0 Å². The minimum absolute atomic E-state index is 0.0648. The van der Waals surface area contributed by atoms with E-state index in [2.05, 4.69) is 26.5 Å². The Morgan fingerprint density at radius 2 is 2.04 bits per heavy atom. The topological polar surface area (TPSA) is 43.4 Å². The molecule has 4 rings (SSSR count). The lowest BCUT2D eigenvalue weighted by Crippen LogP contribution is -2.55. The normalized spacial score (nSPS) is 46.9. The zero-order chi connectivity index (χ0) is 17.3. The molecule has 130 valence electrons. The summed E-state index contributed by atoms with van der Waals surface area (Å²) in [4.78, 5) is 25.7. The van der Waals surface area contributed by atoms with Gasteiger partial charge in [0.05, 0.1) is 17.9 Å². The first kappa shape index (κ1) is 16.1. The van der Waals surface area contributed by atoms with Crippen molar-refractivity contribution in [3.63, 3.8) is 0 Å². The molecular formula is C21H28O3. The molecule has 4 aliphatic rings. The van der Waals surface area contributed by atoms with Gasteiger partial charge in [0, 0.05) is 0 Å². The molecule has 0 amide bonds. The van der Waals surface area contributed by atoms with Gasteiger partial charge in [0.15, 0.2) is 5.78 Å². The van der Waals surface area contributed by atoms with Crippen LogP contribution in [0.25, 0.3) is 0 Å².